The summed E-state index contributed by atoms with van der Waals surface area (Å²) in [5.41, 5.74) is 2.33. The van der Waals surface area contributed by atoms with Crippen LogP contribution in [-0.2, 0) is 21.2 Å². The highest BCUT2D eigenvalue weighted by atomic mass is 32.2. The first-order valence-electron chi connectivity index (χ1n) is 12.3. The fraction of sp³-hybridized carbons (Fsp3) is 0.100. The molecule has 0 radical (unpaired) electrons. The maximum Gasteiger partial charge on any atom is 0.319 e. The van der Waals surface area contributed by atoms with Crippen molar-refractivity contribution in [2.75, 3.05) is 10.6 Å². The molecule has 9 nitrogen and oxygen atoms in total. The molecule has 4 aromatic carbocycles. The van der Waals surface area contributed by atoms with Crippen LogP contribution < -0.4 is 16.0 Å². The highest BCUT2D eigenvalue weighted by molar-refractivity contribution is 7.91. The fourth-order valence-electron chi connectivity index (χ4n) is 4.01. The lowest BCUT2D eigenvalue weighted by Crippen LogP contribution is -2.28. The van der Waals surface area contributed by atoms with Crippen LogP contribution in [0.3, 0.4) is 0 Å². The first-order chi connectivity index (χ1) is 19.2. The van der Waals surface area contributed by atoms with Crippen LogP contribution in [0, 0.1) is 0 Å². The van der Waals surface area contributed by atoms with Gasteiger partial charge in [0.1, 0.15) is 5.25 Å². The Balaban J connectivity index is 1.42. The smallest absolute Gasteiger partial charge is 0.319 e. The standard InChI is InChI=1S/C30H27N3O6S/c34-28(35)19-27(22-10-5-2-6-11-22)40(38,39)26-13-7-12-25(18-26)32-29(36)23-14-16-24(17-15-23)33-30(37)31-20-21-8-3-1-4-9-21/h1-18,27H,19-20H2,(H,32,36)(H,34,35)(H2,31,33,37). The summed E-state index contributed by atoms with van der Waals surface area (Å²) in [5, 5.41) is 16.2. The van der Waals surface area contributed by atoms with Crippen molar-refractivity contribution in [2.45, 2.75) is 23.1 Å². The van der Waals surface area contributed by atoms with Crippen LogP contribution >= 0.6 is 0 Å². The molecule has 4 rings (SSSR count). The highest BCUT2D eigenvalue weighted by Crippen LogP contribution is 2.33. The van der Waals surface area contributed by atoms with E-state index in [0.717, 1.165) is 5.56 Å². The van der Waals surface area contributed by atoms with Crippen molar-refractivity contribution in [3.8, 4) is 0 Å². The van der Waals surface area contributed by atoms with Crippen LogP contribution in [0.25, 0.3) is 0 Å². The third-order valence-electron chi connectivity index (χ3n) is 6.03. The minimum Gasteiger partial charge on any atom is -0.481 e. The summed E-state index contributed by atoms with van der Waals surface area (Å²) in [7, 11) is -4.09. The zero-order valence-corrected chi connectivity index (χ0v) is 22.1. The largest absolute Gasteiger partial charge is 0.481 e. The van der Waals surface area contributed by atoms with Gasteiger partial charge in [-0.3, -0.25) is 9.59 Å². The van der Waals surface area contributed by atoms with E-state index in [9.17, 15) is 27.9 Å². The number of carbonyl (C=O) groups excluding carboxylic acids is 2. The normalized spacial score (nSPS) is 11.7. The summed E-state index contributed by atoms with van der Waals surface area (Å²) in [6.07, 6.45) is -0.604. The Bertz CT molecular complexity index is 1590. The number of urea groups is 1. The average molecular weight is 558 g/mol. The number of anilines is 2. The van der Waals surface area contributed by atoms with Crippen molar-refractivity contribution in [3.05, 3.63) is 126 Å². The lowest BCUT2D eigenvalue weighted by atomic mass is 10.1. The Morgan fingerprint density at radius 3 is 2.02 bits per heavy atom. The molecule has 0 fully saturated rings. The number of sulfone groups is 1. The van der Waals surface area contributed by atoms with Gasteiger partial charge in [-0.2, -0.15) is 0 Å². The molecular formula is C30H27N3O6S. The topological polar surface area (TPSA) is 142 Å². The van der Waals surface area contributed by atoms with Crippen molar-refractivity contribution in [1.29, 1.82) is 0 Å². The first-order valence-corrected chi connectivity index (χ1v) is 13.9. The molecule has 1 atom stereocenters. The molecule has 0 saturated heterocycles. The van der Waals surface area contributed by atoms with Gasteiger partial charge in [0.15, 0.2) is 9.84 Å². The number of benzene rings is 4. The SMILES string of the molecule is O=C(O)CC(c1ccccc1)S(=O)(=O)c1cccc(NC(=O)c2ccc(NC(=O)NCc3ccccc3)cc2)c1. The van der Waals surface area contributed by atoms with Crippen LogP contribution in [0.15, 0.2) is 114 Å². The third kappa shape index (κ3) is 7.33. The zero-order valence-electron chi connectivity index (χ0n) is 21.3. The molecule has 1 unspecified atom stereocenters. The summed E-state index contributed by atoms with van der Waals surface area (Å²) >= 11 is 0. The molecular weight excluding hydrogens is 530 g/mol. The van der Waals surface area contributed by atoms with Gasteiger partial charge in [0.2, 0.25) is 0 Å². The second-order valence-corrected chi connectivity index (χ2v) is 11.0. The van der Waals surface area contributed by atoms with E-state index in [2.05, 4.69) is 16.0 Å². The summed E-state index contributed by atoms with van der Waals surface area (Å²) in [6.45, 7) is 0.365. The molecule has 0 heterocycles. The maximum absolute atomic E-state index is 13.4. The van der Waals surface area contributed by atoms with Gasteiger partial charge in [0.05, 0.1) is 11.3 Å². The number of amides is 3. The number of hydrogen-bond donors (Lipinski definition) is 4. The van der Waals surface area contributed by atoms with Gasteiger partial charge in [-0.15, -0.1) is 0 Å². The summed E-state index contributed by atoms with van der Waals surface area (Å²) < 4.78 is 26.8. The molecule has 3 amide bonds. The first kappa shape index (κ1) is 28.1. The Morgan fingerprint density at radius 1 is 0.725 bits per heavy atom. The highest BCUT2D eigenvalue weighted by Gasteiger charge is 2.31. The van der Waals surface area contributed by atoms with Crippen LogP contribution in [0.2, 0.25) is 0 Å². The molecule has 204 valence electrons. The summed E-state index contributed by atoms with van der Waals surface area (Å²) in [5.74, 6) is -1.73. The number of rotatable bonds is 10. The number of nitrogens with one attached hydrogen (secondary N) is 3. The average Bonchev–Trinajstić information content (AvgIpc) is 2.96. The van der Waals surface area contributed by atoms with E-state index in [1.165, 1.54) is 30.3 Å². The van der Waals surface area contributed by atoms with Crippen LogP contribution in [0.4, 0.5) is 16.2 Å². The summed E-state index contributed by atoms with van der Waals surface area (Å²) in [4.78, 5) is 36.4. The van der Waals surface area contributed by atoms with Gasteiger partial charge in [0.25, 0.3) is 5.91 Å². The van der Waals surface area contributed by atoms with Crippen molar-refractivity contribution in [1.82, 2.24) is 5.32 Å². The molecule has 0 spiro atoms. The Hall–Kier alpha value is -4.96. The van der Waals surface area contributed by atoms with Crippen molar-refractivity contribution in [2.24, 2.45) is 0 Å². The van der Waals surface area contributed by atoms with E-state index < -0.39 is 39.4 Å². The molecule has 0 saturated carbocycles. The number of hydrogen-bond acceptors (Lipinski definition) is 5. The van der Waals surface area contributed by atoms with Gasteiger partial charge in [-0.1, -0.05) is 66.7 Å². The third-order valence-corrected chi connectivity index (χ3v) is 8.13. The molecule has 10 heteroatoms. The minimum absolute atomic E-state index is 0.110. The second-order valence-electron chi connectivity index (χ2n) is 8.89. The number of aliphatic carboxylic acids is 1. The van der Waals surface area contributed by atoms with Crippen molar-refractivity contribution < 1.29 is 27.9 Å². The molecule has 0 aliphatic rings. The Morgan fingerprint density at radius 2 is 1.38 bits per heavy atom. The molecule has 0 aliphatic carbocycles. The van der Waals surface area contributed by atoms with Gasteiger partial charge < -0.3 is 21.1 Å². The Kier molecular flexibility index (Phi) is 8.93. The maximum atomic E-state index is 13.4. The van der Waals surface area contributed by atoms with E-state index in [4.69, 9.17) is 0 Å². The molecule has 4 aromatic rings. The monoisotopic (exact) mass is 557 g/mol. The van der Waals surface area contributed by atoms with E-state index in [0.29, 0.717) is 17.8 Å². The molecule has 0 bridgehead atoms. The van der Waals surface area contributed by atoms with E-state index >= 15 is 0 Å². The Labute approximate surface area is 231 Å². The van der Waals surface area contributed by atoms with Crippen LogP contribution in [0.1, 0.15) is 33.2 Å². The second kappa shape index (κ2) is 12.7. The van der Waals surface area contributed by atoms with Crippen LogP contribution in [-0.4, -0.2) is 31.4 Å². The number of carbonyl (C=O) groups is 3. The van der Waals surface area contributed by atoms with Crippen LogP contribution in [0.5, 0.6) is 0 Å². The van der Waals surface area contributed by atoms with Gasteiger partial charge in [-0.05, 0) is 53.6 Å². The molecule has 0 aromatic heterocycles. The van der Waals surface area contributed by atoms with Crippen molar-refractivity contribution >= 4 is 39.1 Å². The molecule has 0 aliphatic heterocycles. The predicted octanol–water partition coefficient (Wildman–Crippen LogP) is 5.25. The van der Waals surface area contributed by atoms with E-state index in [-0.39, 0.29) is 16.1 Å². The predicted molar refractivity (Wildman–Crippen MR) is 152 cm³/mol. The lowest BCUT2D eigenvalue weighted by Gasteiger charge is -2.17. The van der Waals surface area contributed by atoms with Gasteiger partial charge in [0, 0.05) is 23.5 Å². The number of carboxylic acid groups (broad SMARTS) is 1. The molecule has 4 N–H and O–H groups in total. The lowest BCUT2D eigenvalue weighted by molar-refractivity contribution is -0.137. The number of carboxylic acids is 1. The quantitative estimate of drug-likeness (QED) is 0.210. The summed E-state index contributed by atoms with van der Waals surface area (Å²) in [6, 6.07) is 29.1. The zero-order chi connectivity index (χ0) is 28.5. The van der Waals surface area contributed by atoms with Gasteiger partial charge >= 0.3 is 12.0 Å². The van der Waals surface area contributed by atoms with Gasteiger partial charge in [-0.25, -0.2) is 13.2 Å². The van der Waals surface area contributed by atoms with E-state index in [1.54, 1.807) is 48.5 Å². The molecule has 40 heavy (non-hydrogen) atoms. The van der Waals surface area contributed by atoms with E-state index in [1.807, 2.05) is 30.3 Å². The fourth-order valence-corrected chi connectivity index (χ4v) is 5.78. The minimum atomic E-state index is -4.09. The van der Waals surface area contributed by atoms with Crippen molar-refractivity contribution in [3.63, 3.8) is 0 Å².